The number of nitrogen functional groups attached to an aromatic ring is 1. The van der Waals surface area contributed by atoms with Gasteiger partial charge in [0, 0.05) is 31.4 Å². The Balaban J connectivity index is 1.65. The number of amides is 1. The van der Waals surface area contributed by atoms with E-state index < -0.39 is 0 Å². The molecule has 0 unspecified atom stereocenters. The summed E-state index contributed by atoms with van der Waals surface area (Å²) in [5, 5.41) is 4.18. The fourth-order valence-corrected chi connectivity index (χ4v) is 3.48. The molecule has 1 aromatic carbocycles. The van der Waals surface area contributed by atoms with Crippen molar-refractivity contribution in [1.82, 2.24) is 24.5 Å². The van der Waals surface area contributed by atoms with Gasteiger partial charge in [-0.05, 0) is 42.4 Å². The third-order valence-corrected chi connectivity index (χ3v) is 5.32. The highest BCUT2D eigenvalue weighted by Crippen LogP contribution is 2.22. The van der Waals surface area contributed by atoms with Crippen molar-refractivity contribution in [3.8, 4) is 0 Å². The van der Waals surface area contributed by atoms with Gasteiger partial charge in [0.2, 0.25) is 11.9 Å². The maximum Gasteiger partial charge on any atom is 0.254 e. The molecule has 7 heteroatoms. The van der Waals surface area contributed by atoms with E-state index in [4.69, 9.17) is 5.73 Å². The number of fused-ring (bicyclic) bond motifs is 1. The lowest BCUT2D eigenvalue weighted by atomic mass is 9.87. The third kappa shape index (κ3) is 4.55. The van der Waals surface area contributed by atoms with Crippen LogP contribution < -0.4 is 5.73 Å². The highest BCUT2D eigenvalue weighted by atomic mass is 16.2. The molecule has 1 amide bonds. The predicted molar refractivity (Wildman–Crippen MR) is 115 cm³/mol. The fourth-order valence-electron chi connectivity index (χ4n) is 3.48. The van der Waals surface area contributed by atoms with Gasteiger partial charge in [-0.25, -0.2) is 4.98 Å². The summed E-state index contributed by atoms with van der Waals surface area (Å²) in [7, 11) is 1.85. The molecular formula is C22H30N6O. The highest BCUT2D eigenvalue weighted by molar-refractivity contribution is 5.76. The maximum atomic E-state index is 12.7. The van der Waals surface area contributed by atoms with Gasteiger partial charge in [-0.1, -0.05) is 45.0 Å². The van der Waals surface area contributed by atoms with Gasteiger partial charge in [0.15, 0.2) is 0 Å². The zero-order valence-electron chi connectivity index (χ0n) is 18.2. The maximum absolute atomic E-state index is 12.7. The molecule has 2 N–H and O–H groups in total. The first-order chi connectivity index (χ1) is 13.6. The van der Waals surface area contributed by atoms with E-state index in [2.05, 4.69) is 60.1 Å². The Hall–Kier alpha value is -2.96. The summed E-state index contributed by atoms with van der Waals surface area (Å²) in [5.41, 5.74) is 11.0. The molecule has 7 nitrogen and oxygen atoms in total. The summed E-state index contributed by atoms with van der Waals surface area (Å²) >= 11 is 0. The van der Waals surface area contributed by atoms with Crippen molar-refractivity contribution in [3.05, 3.63) is 52.3 Å². The van der Waals surface area contributed by atoms with Gasteiger partial charge in [0.1, 0.15) is 0 Å². The summed E-state index contributed by atoms with van der Waals surface area (Å²) in [6.07, 6.45) is 1.02. The largest absolute Gasteiger partial charge is 0.366 e. The number of anilines is 1. The molecule has 2 heterocycles. The zero-order valence-corrected chi connectivity index (χ0v) is 18.2. The number of carbonyl (C=O) groups is 1. The van der Waals surface area contributed by atoms with Crippen LogP contribution in [0.3, 0.4) is 0 Å². The van der Waals surface area contributed by atoms with Crippen LogP contribution >= 0.6 is 0 Å². The molecule has 3 aromatic rings. The quantitative estimate of drug-likeness (QED) is 0.718. The number of hydrogen-bond acceptors (Lipinski definition) is 5. The van der Waals surface area contributed by atoms with Gasteiger partial charge in [0.05, 0.1) is 0 Å². The van der Waals surface area contributed by atoms with Crippen molar-refractivity contribution in [2.75, 3.05) is 12.8 Å². The Kier molecular flexibility index (Phi) is 5.59. The molecule has 0 atom stereocenters. The molecule has 0 aliphatic heterocycles. The van der Waals surface area contributed by atoms with E-state index >= 15 is 0 Å². The number of nitrogens with zero attached hydrogens (tertiary/aromatic N) is 5. The molecule has 0 spiro atoms. The minimum atomic E-state index is 0.0990. The molecule has 0 bridgehead atoms. The first-order valence-corrected chi connectivity index (χ1v) is 9.88. The highest BCUT2D eigenvalue weighted by Gasteiger charge is 2.16. The summed E-state index contributed by atoms with van der Waals surface area (Å²) in [6, 6.07) is 8.49. The van der Waals surface area contributed by atoms with Gasteiger partial charge in [0.25, 0.3) is 5.78 Å². The summed E-state index contributed by atoms with van der Waals surface area (Å²) < 4.78 is 1.64. The smallest absolute Gasteiger partial charge is 0.254 e. The Morgan fingerprint density at radius 1 is 1.14 bits per heavy atom. The zero-order chi connectivity index (χ0) is 21.3. The van der Waals surface area contributed by atoms with Crippen LogP contribution in [0.4, 0.5) is 5.95 Å². The minimum absolute atomic E-state index is 0.0990. The van der Waals surface area contributed by atoms with Crippen molar-refractivity contribution in [2.45, 2.75) is 59.4 Å². The molecule has 0 aliphatic carbocycles. The molecule has 0 radical (unpaired) electrons. The van der Waals surface area contributed by atoms with Crippen molar-refractivity contribution in [1.29, 1.82) is 0 Å². The van der Waals surface area contributed by atoms with Crippen LogP contribution in [-0.4, -0.2) is 37.4 Å². The Morgan fingerprint density at radius 3 is 2.41 bits per heavy atom. The van der Waals surface area contributed by atoms with E-state index in [1.807, 2.05) is 20.9 Å². The molecule has 0 saturated carbocycles. The monoisotopic (exact) mass is 394 g/mol. The van der Waals surface area contributed by atoms with Gasteiger partial charge in [-0.15, -0.1) is 5.10 Å². The topological polar surface area (TPSA) is 89.4 Å². The number of rotatable bonds is 5. The van der Waals surface area contributed by atoms with Gasteiger partial charge in [-0.3, -0.25) is 4.79 Å². The van der Waals surface area contributed by atoms with E-state index in [9.17, 15) is 4.79 Å². The predicted octanol–water partition coefficient (Wildman–Crippen LogP) is 3.21. The standard InChI is InChI=1S/C22H30N6O/c1-14-18(15(2)28-21(24-14)25-20(23)26-28)11-12-19(29)27(6)13-16-7-9-17(10-8-16)22(3,4)5/h7-10H,11-13H2,1-6H3,(H2,23,26). The second-order valence-corrected chi connectivity index (χ2v) is 8.64. The molecule has 3 rings (SSSR count). The van der Waals surface area contributed by atoms with Crippen molar-refractivity contribution in [2.24, 2.45) is 0 Å². The molecular weight excluding hydrogens is 364 g/mol. The lowest BCUT2D eigenvalue weighted by molar-refractivity contribution is -0.130. The fraction of sp³-hybridized carbons (Fsp3) is 0.455. The van der Waals surface area contributed by atoms with Crippen molar-refractivity contribution < 1.29 is 4.79 Å². The molecule has 0 aliphatic rings. The average Bonchev–Trinajstić information content (AvgIpc) is 3.01. The van der Waals surface area contributed by atoms with Gasteiger partial charge in [-0.2, -0.15) is 9.50 Å². The van der Waals surface area contributed by atoms with Crippen LogP contribution in [0.15, 0.2) is 24.3 Å². The van der Waals surface area contributed by atoms with Crippen LogP contribution in [0.2, 0.25) is 0 Å². The Labute approximate surface area is 172 Å². The van der Waals surface area contributed by atoms with E-state index in [0.717, 1.165) is 22.5 Å². The van der Waals surface area contributed by atoms with E-state index in [1.54, 1.807) is 9.42 Å². The number of aromatic nitrogens is 4. The number of carbonyl (C=O) groups excluding carboxylic acids is 1. The number of nitrogens with two attached hydrogens (primary N) is 1. The number of hydrogen-bond donors (Lipinski definition) is 1. The van der Waals surface area contributed by atoms with E-state index in [1.165, 1.54) is 5.56 Å². The van der Waals surface area contributed by atoms with Gasteiger partial charge >= 0.3 is 0 Å². The van der Waals surface area contributed by atoms with Crippen LogP contribution in [0.5, 0.6) is 0 Å². The summed E-state index contributed by atoms with van der Waals surface area (Å²) in [6.45, 7) is 11.1. The van der Waals surface area contributed by atoms with Crippen LogP contribution in [0.25, 0.3) is 5.78 Å². The van der Waals surface area contributed by atoms with E-state index in [0.29, 0.717) is 25.2 Å². The van der Waals surface area contributed by atoms with Gasteiger partial charge < -0.3 is 10.6 Å². The first-order valence-electron chi connectivity index (χ1n) is 9.88. The van der Waals surface area contributed by atoms with Crippen LogP contribution in [-0.2, 0) is 23.2 Å². The van der Waals surface area contributed by atoms with Crippen LogP contribution in [0.1, 0.15) is 55.3 Å². The lowest BCUT2D eigenvalue weighted by Crippen LogP contribution is -2.26. The second kappa shape index (κ2) is 7.81. The SMILES string of the molecule is Cc1nc2nc(N)nn2c(C)c1CCC(=O)N(C)Cc1ccc(C(C)(C)C)cc1. The molecule has 29 heavy (non-hydrogen) atoms. The summed E-state index contributed by atoms with van der Waals surface area (Å²) in [4.78, 5) is 23.0. The molecule has 0 saturated heterocycles. The van der Waals surface area contributed by atoms with Crippen molar-refractivity contribution >= 4 is 17.6 Å². The molecule has 154 valence electrons. The van der Waals surface area contributed by atoms with Crippen molar-refractivity contribution in [3.63, 3.8) is 0 Å². The first kappa shape index (κ1) is 20.8. The second-order valence-electron chi connectivity index (χ2n) is 8.64. The number of aryl methyl sites for hydroxylation is 2. The third-order valence-electron chi connectivity index (χ3n) is 5.32. The minimum Gasteiger partial charge on any atom is -0.366 e. The summed E-state index contributed by atoms with van der Waals surface area (Å²) in [5.74, 6) is 0.788. The molecule has 0 fully saturated rings. The average molecular weight is 395 g/mol. The van der Waals surface area contributed by atoms with E-state index in [-0.39, 0.29) is 17.3 Å². The Morgan fingerprint density at radius 2 is 1.79 bits per heavy atom. The number of benzene rings is 1. The lowest BCUT2D eigenvalue weighted by Gasteiger charge is -2.21. The normalized spacial score (nSPS) is 11.8. The molecule has 2 aromatic heterocycles. The van der Waals surface area contributed by atoms with Crippen LogP contribution in [0, 0.1) is 13.8 Å². The Bertz CT molecular complexity index is 1030.